The predicted octanol–water partition coefficient (Wildman–Crippen LogP) is 6.18. The van der Waals surface area contributed by atoms with E-state index in [2.05, 4.69) is 49.2 Å². The molecule has 1 spiro atoms. The highest BCUT2D eigenvalue weighted by atomic mass is 15.1. The van der Waals surface area contributed by atoms with Gasteiger partial charge in [-0.2, -0.15) is 0 Å². The van der Waals surface area contributed by atoms with E-state index in [0.29, 0.717) is 16.7 Å². The number of nitrogens with zero attached hydrogens (tertiary/aromatic N) is 1. The van der Waals surface area contributed by atoms with Crippen LogP contribution in [0.5, 0.6) is 0 Å². The molecule has 1 saturated heterocycles. The number of rotatable bonds is 2. The molecule has 2 nitrogen and oxygen atoms in total. The molecule has 0 bridgehead atoms. The summed E-state index contributed by atoms with van der Waals surface area (Å²) in [6, 6.07) is 7.25. The number of benzene rings is 1. The summed E-state index contributed by atoms with van der Waals surface area (Å²) in [7, 11) is 0. The van der Waals surface area contributed by atoms with Crippen LogP contribution in [0.25, 0.3) is 0 Å². The summed E-state index contributed by atoms with van der Waals surface area (Å²) in [6.07, 6.45) is 11.5. The number of hydrogen-bond acceptors (Lipinski definition) is 2. The van der Waals surface area contributed by atoms with Crippen LogP contribution in [0.15, 0.2) is 18.2 Å². The molecule has 1 atom stereocenters. The van der Waals surface area contributed by atoms with Crippen molar-refractivity contribution in [3.05, 3.63) is 29.3 Å². The van der Waals surface area contributed by atoms with Crippen molar-refractivity contribution in [1.29, 1.82) is 0 Å². The minimum Gasteiger partial charge on any atom is -0.385 e. The molecule has 1 aromatic carbocycles. The largest absolute Gasteiger partial charge is 0.385 e. The number of hydrogen-bond donors (Lipinski definition) is 1. The van der Waals surface area contributed by atoms with E-state index >= 15 is 0 Å². The molecule has 144 valence electrons. The van der Waals surface area contributed by atoms with Crippen molar-refractivity contribution in [3.63, 3.8) is 0 Å². The lowest BCUT2D eigenvalue weighted by Crippen LogP contribution is -2.43. The monoisotopic (exact) mass is 354 g/mol. The lowest BCUT2D eigenvalue weighted by atomic mass is 9.69. The summed E-state index contributed by atoms with van der Waals surface area (Å²) in [4.78, 5) is 2.76. The number of piperidine rings is 1. The highest BCUT2D eigenvalue weighted by molar-refractivity contribution is 5.56. The van der Waals surface area contributed by atoms with Gasteiger partial charge < -0.3 is 5.32 Å². The van der Waals surface area contributed by atoms with Crippen LogP contribution in [0.3, 0.4) is 0 Å². The first-order valence-electron chi connectivity index (χ1n) is 11.0. The average Bonchev–Trinajstić information content (AvgIpc) is 2.61. The Bertz CT molecular complexity index is 616. The molecular formula is C24H38N2. The minimum absolute atomic E-state index is 0.340. The molecule has 3 aliphatic rings. The molecule has 2 heteroatoms. The van der Waals surface area contributed by atoms with Crippen molar-refractivity contribution < 1.29 is 0 Å². The van der Waals surface area contributed by atoms with E-state index in [0.717, 1.165) is 13.1 Å². The van der Waals surface area contributed by atoms with Crippen molar-refractivity contribution in [2.75, 3.05) is 25.0 Å². The van der Waals surface area contributed by atoms with E-state index in [4.69, 9.17) is 0 Å². The smallest absolute Gasteiger partial charge is 0.0375 e. The van der Waals surface area contributed by atoms with Crippen molar-refractivity contribution in [2.45, 2.75) is 84.6 Å². The molecule has 0 amide bonds. The van der Waals surface area contributed by atoms with Gasteiger partial charge in [0.05, 0.1) is 0 Å². The molecule has 2 heterocycles. The summed E-state index contributed by atoms with van der Waals surface area (Å²) >= 11 is 0. The van der Waals surface area contributed by atoms with Crippen LogP contribution in [0, 0.1) is 10.8 Å². The lowest BCUT2D eigenvalue weighted by molar-refractivity contribution is 0.0494. The molecule has 1 aliphatic carbocycles. The van der Waals surface area contributed by atoms with Gasteiger partial charge in [0, 0.05) is 25.3 Å². The van der Waals surface area contributed by atoms with E-state index in [9.17, 15) is 0 Å². The number of fused-ring (bicyclic) bond motifs is 1. The highest BCUT2D eigenvalue weighted by Crippen LogP contribution is 2.45. The van der Waals surface area contributed by atoms with Gasteiger partial charge in [0.25, 0.3) is 0 Å². The first kappa shape index (κ1) is 18.3. The van der Waals surface area contributed by atoms with Gasteiger partial charge in [0.2, 0.25) is 0 Å². The third-order valence-corrected chi connectivity index (χ3v) is 7.35. The second kappa shape index (κ2) is 7.19. The maximum atomic E-state index is 3.63. The maximum Gasteiger partial charge on any atom is 0.0375 e. The van der Waals surface area contributed by atoms with E-state index in [1.165, 1.54) is 75.7 Å². The zero-order chi connectivity index (χ0) is 18.2. The van der Waals surface area contributed by atoms with Crippen LogP contribution in [-0.2, 0) is 6.54 Å². The normalized spacial score (nSPS) is 26.3. The third kappa shape index (κ3) is 3.81. The van der Waals surface area contributed by atoms with Gasteiger partial charge in [-0.1, -0.05) is 52.2 Å². The second-order valence-electron chi connectivity index (χ2n) is 10.4. The summed E-state index contributed by atoms with van der Waals surface area (Å²) in [6.45, 7) is 12.1. The zero-order valence-corrected chi connectivity index (χ0v) is 17.2. The SMILES string of the molecule is CC(C)(C)C1CCNc2ccc(CN3CCCC4(CCCCC4)C3)cc21. The quantitative estimate of drug-likeness (QED) is 0.682. The molecule has 26 heavy (non-hydrogen) atoms. The van der Waals surface area contributed by atoms with Crippen LogP contribution in [0.1, 0.15) is 89.2 Å². The molecule has 1 saturated carbocycles. The van der Waals surface area contributed by atoms with Gasteiger partial charge in [-0.3, -0.25) is 4.90 Å². The van der Waals surface area contributed by atoms with Crippen LogP contribution in [0.2, 0.25) is 0 Å². The lowest BCUT2D eigenvalue weighted by Gasteiger charge is -2.45. The average molecular weight is 355 g/mol. The Labute approximate surface area is 160 Å². The van der Waals surface area contributed by atoms with E-state index in [-0.39, 0.29) is 0 Å². The van der Waals surface area contributed by atoms with E-state index in [1.807, 2.05) is 0 Å². The van der Waals surface area contributed by atoms with Gasteiger partial charge in [0.1, 0.15) is 0 Å². The number of likely N-dealkylation sites (tertiary alicyclic amines) is 1. The topological polar surface area (TPSA) is 15.3 Å². The molecule has 0 aromatic heterocycles. The Kier molecular flexibility index (Phi) is 5.07. The van der Waals surface area contributed by atoms with E-state index in [1.54, 1.807) is 5.56 Å². The van der Waals surface area contributed by atoms with Crippen molar-refractivity contribution in [1.82, 2.24) is 4.90 Å². The molecule has 1 unspecified atom stereocenters. The maximum absolute atomic E-state index is 3.63. The molecule has 2 fully saturated rings. The minimum atomic E-state index is 0.340. The standard InChI is InChI=1S/C24H38N2/c1-23(2,3)21-10-14-25-22-9-8-19(16-20(21)22)17-26-15-7-13-24(18-26)11-5-4-6-12-24/h8-9,16,21,25H,4-7,10-15,17-18H2,1-3H3. The highest BCUT2D eigenvalue weighted by Gasteiger charge is 2.36. The number of anilines is 1. The van der Waals surface area contributed by atoms with Gasteiger partial charge >= 0.3 is 0 Å². The van der Waals surface area contributed by atoms with Crippen LogP contribution in [0.4, 0.5) is 5.69 Å². The molecular weight excluding hydrogens is 316 g/mol. The summed E-state index contributed by atoms with van der Waals surface area (Å²) in [5, 5.41) is 3.63. The Hall–Kier alpha value is -1.02. The van der Waals surface area contributed by atoms with Gasteiger partial charge in [-0.05, 0) is 72.6 Å². The Morgan fingerprint density at radius 2 is 1.85 bits per heavy atom. The van der Waals surface area contributed by atoms with Crippen LogP contribution < -0.4 is 5.32 Å². The summed E-state index contributed by atoms with van der Waals surface area (Å²) in [5.41, 5.74) is 5.45. The molecule has 1 aromatic rings. The fourth-order valence-corrected chi connectivity index (χ4v) is 5.98. The summed E-state index contributed by atoms with van der Waals surface area (Å²) < 4.78 is 0. The van der Waals surface area contributed by atoms with Gasteiger partial charge in [-0.25, -0.2) is 0 Å². The van der Waals surface area contributed by atoms with Crippen molar-refractivity contribution >= 4 is 5.69 Å². The molecule has 1 N–H and O–H groups in total. The van der Waals surface area contributed by atoms with E-state index < -0.39 is 0 Å². The number of nitrogens with one attached hydrogen (secondary N) is 1. The third-order valence-electron chi connectivity index (χ3n) is 7.35. The Morgan fingerprint density at radius 1 is 1.08 bits per heavy atom. The molecule has 2 aliphatic heterocycles. The van der Waals surface area contributed by atoms with Crippen molar-refractivity contribution in [3.8, 4) is 0 Å². The van der Waals surface area contributed by atoms with Gasteiger partial charge in [-0.15, -0.1) is 0 Å². The summed E-state index contributed by atoms with van der Waals surface area (Å²) in [5.74, 6) is 0.671. The zero-order valence-electron chi connectivity index (χ0n) is 17.2. The second-order valence-corrected chi connectivity index (χ2v) is 10.4. The molecule has 4 rings (SSSR count). The van der Waals surface area contributed by atoms with Gasteiger partial charge in [0.15, 0.2) is 0 Å². The Balaban J connectivity index is 1.50. The Morgan fingerprint density at radius 3 is 2.62 bits per heavy atom. The van der Waals surface area contributed by atoms with Crippen LogP contribution in [-0.4, -0.2) is 24.5 Å². The first-order chi connectivity index (χ1) is 12.5. The predicted molar refractivity (Wildman–Crippen MR) is 112 cm³/mol. The fraction of sp³-hybridized carbons (Fsp3) is 0.750. The van der Waals surface area contributed by atoms with Crippen LogP contribution >= 0.6 is 0 Å². The van der Waals surface area contributed by atoms with Crippen molar-refractivity contribution in [2.24, 2.45) is 10.8 Å². The fourth-order valence-electron chi connectivity index (χ4n) is 5.98. The first-order valence-corrected chi connectivity index (χ1v) is 11.0. The molecule has 0 radical (unpaired) electrons.